The van der Waals surface area contributed by atoms with Crippen LogP contribution < -0.4 is 5.32 Å². The molecule has 0 aliphatic heterocycles. The van der Waals surface area contributed by atoms with Gasteiger partial charge in [0.2, 0.25) is 10.0 Å². The van der Waals surface area contributed by atoms with Gasteiger partial charge in [-0.2, -0.15) is 0 Å². The zero-order valence-electron chi connectivity index (χ0n) is 15.8. The van der Waals surface area contributed by atoms with Gasteiger partial charge in [0, 0.05) is 24.7 Å². The predicted octanol–water partition coefficient (Wildman–Crippen LogP) is 2.06. The Hall–Kier alpha value is -2.61. The van der Waals surface area contributed by atoms with Gasteiger partial charge in [-0.1, -0.05) is 36.4 Å². The minimum Gasteiger partial charge on any atom is -0.481 e. The van der Waals surface area contributed by atoms with Gasteiger partial charge >= 0.3 is 5.97 Å². The number of rotatable bonds is 6. The zero-order valence-corrected chi connectivity index (χ0v) is 16.6. The molecular formula is C19H24N2O5S. The summed E-state index contributed by atoms with van der Waals surface area (Å²) in [4.78, 5) is 24.5. The van der Waals surface area contributed by atoms with Crippen molar-refractivity contribution in [1.82, 2.24) is 9.62 Å². The van der Waals surface area contributed by atoms with Gasteiger partial charge < -0.3 is 10.4 Å². The molecular weight excluding hydrogens is 368 g/mol. The van der Waals surface area contributed by atoms with Crippen LogP contribution in [0.4, 0.5) is 0 Å². The molecule has 0 aromatic heterocycles. The van der Waals surface area contributed by atoms with Crippen LogP contribution in [0.25, 0.3) is 0 Å². The fraction of sp³-hybridized carbons (Fsp3) is 0.368. The number of carbonyl (C=O) groups is 2. The molecule has 0 fully saturated rings. The van der Waals surface area contributed by atoms with E-state index in [0.717, 1.165) is 16.1 Å². The highest BCUT2D eigenvalue weighted by molar-refractivity contribution is 7.88. The van der Waals surface area contributed by atoms with Crippen molar-refractivity contribution >= 4 is 21.9 Å². The predicted molar refractivity (Wildman–Crippen MR) is 102 cm³/mol. The normalized spacial score (nSPS) is 20.9. The second-order valence-corrected chi connectivity index (χ2v) is 8.98. The second kappa shape index (κ2) is 7.56. The maximum atomic E-state index is 12.7. The average molecular weight is 392 g/mol. The third-order valence-electron chi connectivity index (χ3n) is 4.64. The van der Waals surface area contributed by atoms with Crippen molar-refractivity contribution < 1.29 is 23.1 Å². The number of nitrogens with zero attached hydrogens (tertiary/aromatic N) is 1. The Morgan fingerprint density at radius 2 is 1.85 bits per heavy atom. The van der Waals surface area contributed by atoms with Crippen LogP contribution in [0.2, 0.25) is 0 Å². The van der Waals surface area contributed by atoms with E-state index in [0.29, 0.717) is 0 Å². The van der Waals surface area contributed by atoms with Crippen LogP contribution in [-0.4, -0.2) is 43.0 Å². The van der Waals surface area contributed by atoms with Crippen LogP contribution in [0.3, 0.4) is 0 Å². The summed E-state index contributed by atoms with van der Waals surface area (Å²) in [5, 5.41) is 12.4. The average Bonchev–Trinajstić information content (AvgIpc) is 2.60. The SMILES string of the molecule is CC(NC(=O)C1=CC(C)(C(=O)O)CC(N(C)S(C)(=O)=O)=C1)c1ccccc1. The first-order chi connectivity index (χ1) is 12.4. The first-order valence-corrected chi connectivity index (χ1v) is 10.3. The first kappa shape index (κ1) is 20.7. The number of hydrogen-bond acceptors (Lipinski definition) is 4. The Kier molecular flexibility index (Phi) is 5.79. The lowest BCUT2D eigenvalue weighted by molar-refractivity contribution is -0.145. The molecule has 0 heterocycles. The molecule has 146 valence electrons. The molecule has 2 unspecified atom stereocenters. The number of allylic oxidation sites excluding steroid dienone is 1. The molecule has 2 N–H and O–H groups in total. The minimum absolute atomic E-state index is 0.0308. The highest BCUT2D eigenvalue weighted by Gasteiger charge is 2.38. The molecule has 7 nitrogen and oxygen atoms in total. The van der Waals surface area contributed by atoms with Crippen LogP contribution in [0, 0.1) is 5.41 Å². The van der Waals surface area contributed by atoms with Gasteiger partial charge in [-0.15, -0.1) is 0 Å². The Morgan fingerprint density at radius 1 is 1.26 bits per heavy atom. The highest BCUT2D eigenvalue weighted by atomic mass is 32.2. The van der Waals surface area contributed by atoms with Crippen LogP contribution >= 0.6 is 0 Å². The largest absolute Gasteiger partial charge is 0.481 e. The fourth-order valence-corrected chi connectivity index (χ4v) is 3.37. The third-order valence-corrected chi connectivity index (χ3v) is 5.87. The maximum absolute atomic E-state index is 12.7. The van der Waals surface area contributed by atoms with Crippen molar-refractivity contribution in [3.63, 3.8) is 0 Å². The number of amides is 1. The van der Waals surface area contributed by atoms with Crippen molar-refractivity contribution in [2.45, 2.75) is 26.3 Å². The molecule has 27 heavy (non-hydrogen) atoms. The maximum Gasteiger partial charge on any atom is 0.313 e. The number of nitrogens with one attached hydrogen (secondary N) is 1. The van der Waals surface area contributed by atoms with Gasteiger partial charge in [0.25, 0.3) is 5.91 Å². The van der Waals surface area contributed by atoms with Gasteiger partial charge in [0.05, 0.1) is 17.7 Å². The monoisotopic (exact) mass is 392 g/mol. The van der Waals surface area contributed by atoms with Gasteiger partial charge in [-0.05, 0) is 25.5 Å². The van der Waals surface area contributed by atoms with E-state index in [4.69, 9.17) is 0 Å². The van der Waals surface area contributed by atoms with Crippen LogP contribution in [-0.2, 0) is 19.6 Å². The van der Waals surface area contributed by atoms with Crippen molar-refractivity contribution in [2.75, 3.05) is 13.3 Å². The highest BCUT2D eigenvalue weighted by Crippen LogP contribution is 2.36. The van der Waals surface area contributed by atoms with Gasteiger partial charge in [-0.3, -0.25) is 13.9 Å². The van der Waals surface area contributed by atoms with E-state index < -0.39 is 27.3 Å². The standard InChI is InChI=1S/C19H24N2O5S/c1-13(14-8-6-5-7-9-14)20-17(22)15-10-16(21(3)27(4,25)26)12-19(2,11-15)18(23)24/h5-11,13H,12H2,1-4H3,(H,20,22)(H,23,24). The summed E-state index contributed by atoms with van der Waals surface area (Å²) in [5.74, 6) is -1.59. The van der Waals surface area contributed by atoms with Crippen molar-refractivity contribution in [3.05, 3.63) is 59.3 Å². The van der Waals surface area contributed by atoms with E-state index in [1.165, 1.54) is 26.1 Å². The summed E-state index contributed by atoms with van der Waals surface area (Å²) in [6, 6.07) is 9.05. The summed E-state index contributed by atoms with van der Waals surface area (Å²) in [7, 11) is -2.24. The summed E-state index contributed by atoms with van der Waals surface area (Å²) in [6.45, 7) is 3.28. The Labute approximate surface area is 159 Å². The van der Waals surface area contributed by atoms with Crippen molar-refractivity contribution in [1.29, 1.82) is 0 Å². The van der Waals surface area contributed by atoms with Crippen LogP contribution in [0.5, 0.6) is 0 Å². The topological polar surface area (TPSA) is 104 Å². The molecule has 1 aliphatic carbocycles. The van der Waals surface area contributed by atoms with E-state index in [2.05, 4.69) is 5.32 Å². The van der Waals surface area contributed by atoms with E-state index >= 15 is 0 Å². The van der Waals surface area contributed by atoms with E-state index in [1.807, 2.05) is 37.3 Å². The van der Waals surface area contributed by atoms with Crippen LogP contribution in [0.15, 0.2) is 53.8 Å². The molecule has 0 spiro atoms. The molecule has 2 atom stereocenters. The van der Waals surface area contributed by atoms with Crippen molar-refractivity contribution in [2.24, 2.45) is 5.41 Å². The fourth-order valence-electron chi connectivity index (χ4n) is 2.83. The zero-order chi connectivity index (χ0) is 20.4. The molecule has 2 rings (SSSR count). The Bertz CT molecular complexity index is 905. The van der Waals surface area contributed by atoms with Crippen molar-refractivity contribution in [3.8, 4) is 0 Å². The summed E-state index contributed by atoms with van der Waals surface area (Å²) < 4.78 is 24.7. The molecule has 0 saturated heterocycles. The molecule has 0 bridgehead atoms. The second-order valence-electron chi connectivity index (χ2n) is 6.97. The van der Waals surface area contributed by atoms with E-state index in [-0.39, 0.29) is 23.7 Å². The summed E-state index contributed by atoms with van der Waals surface area (Å²) >= 11 is 0. The van der Waals surface area contributed by atoms with Gasteiger partial charge in [0.15, 0.2) is 0 Å². The molecule has 1 aliphatic rings. The Balaban J connectivity index is 2.35. The summed E-state index contributed by atoms with van der Waals surface area (Å²) in [5.41, 5.74) is -0.103. The number of carboxylic acid groups (broad SMARTS) is 1. The number of benzene rings is 1. The van der Waals surface area contributed by atoms with E-state index in [1.54, 1.807) is 0 Å². The molecule has 1 aromatic rings. The molecule has 1 amide bonds. The minimum atomic E-state index is -3.58. The number of aliphatic carboxylic acids is 1. The van der Waals surface area contributed by atoms with Gasteiger partial charge in [0.1, 0.15) is 0 Å². The summed E-state index contributed by atoms with van der Waals surface area (Å²) in [6.07, 6.45) is 3.80. The number of hydrogen-bond donors (Lipinski definition) is 2. The first-order valence-electron chi connectivity index (χ1n) is 8.40. The Morgan fingerprint density at radius 3 is 2.37 bits per heavy atom. The van der Waals surface area contributed by atoms with Gasteiger partial charge in [-0.25, -0.2) is 8.42 Å². The molecule has 0 radical (unpaired) electrons. The smallest absolute Gasteiger partial charge is 0.313 e. The molecule has 0 saturated carbocycles. The lowest BCUT2D eigenvalue weighted by atomic mass is 9.79. The number of sulfonamides is 1. The van der Waals surface area contributed by atoms with E-state index in [9.17, 15) is 23.1 Å². The quantitative estimate of drug-likeness (QED) is 0.771. The lowest BCUT2D eigenvalue weighted by Crippen LogP contribution is -2.37. The number of carbonyl (C=O) groups excluding carboxylic acids is 1. The molecule has 1 aromatic carbocycles. The molecule has 8 heteroatoms. The van der Waals surface area contributed by atoms with Crippen LogP contribution in [0.1, 0.15) is 31.9 Å². The lowest BCUT2D eigenvalue weighted by Gasteiger charge is -2.31. The number of carboxylic acids is 1. The third kappa shape index (κ3) is 4.77.